The number of hydrogen-bond acceptors (Lipinski definition) is 5. The molecule has 31 heavy (non-hydrogen) atoms. The van der Waals surface area contributed by atoms with Gasteiger partial charge in [0.1, 0.15) is 11.3 Å². The Morgan fingerprint density at radius 3 is 2.13 bits per heavy atom. The Kier molecular flexibility index (Phi) is 5.70. The third-order valence-corrected chi connectivity index (χ3v) is 4.27. The van der Waals surface area contributed by atoms with Gasteiger partial charge < -0.3 is 14.3 Å². The molecule has 1 aromatic heterocycles. The van der Waals surface area contributed by atoms with Crippen molar-refractivity contribution < 1.29 is 45.4 Å². The first-order chi connectivity index (χ1) is 14.4. The van der Waals surface area contributed by atoms with Crippen LogP contribution in [0, 0.1) is 0 Å². The average Bonchev–Trinajstić information content (AvgIpc) is 2.68. The molecule has 164 valence electrons. The minimum atomic E-state index is -5.82. The van der Waals surface area contributed by atoms with Crippen molar-refractivity contribution in [3.05, 3.63) is 75.6 Å². The standard InChI is InChI=1S/C20H12F6O5/c21-19(22,23)18(20(24,25)26)31-16(28)11-7-5-10(6-8-11)9-13-15(27)12-3-1-2-4-14(12)30-17(13)29/h1-8,18,27H,9H2. The van der Waals surface area contributed by atoms with E-state index in [1.165, 1.54) is 24.3 Å². The molecule has 0 amide bonds. The van der Waals surface area contributed by atoms with Crippen molar-refractivity contribution in [2.45, 2.75) is 24.9 Å². The molecule has 0 bridgehead atoms. The summed E-state index contributed by atoms with van der Waals surface area (Å²) in [5.41, 5.74) is -0.994. The SMILES string of the molecule is O=C(OC(C(F)(F)F)C(F)(F)F)c1ccc(Cc2c(O)c3ccccc3oc2=O)cc1. The summed E-state index contributed by atoms with van der Waals surface area (Å²) in [4.78, 5) is 23.9. The Morgan fingerprint density at radius 1 is 0.968 bits per heavy atom. The molecule has 0 spiro atoms. The second kappa shape index (κ2) is 7.97. The highest BCUT2D eigenvalue weighted by Gasteiger charge is 2.59. The zero-order valence-corrected chi connectivity index (χ0v) is 15.3. The second-order valence-electron chi connectivity index (χ2n) is 6.46. The minimum Gasteiger partial charge on any atom is -0.507 e. The lowest BCUT2D eigenvalue weighted by Crippen LogP contribution is -2.45. The predicted molar refractivity (Wildman–Crippen MR) is 94.7 cm³/mol. The monoisotopic (exact) mass is 446 g/mol. The Bertz CT molecular complexity index is 1150. The number of hydrogen-bond donors (Lipinski definition) is 1. The normalized spacial score (nSPS) is 12.4. The number of carbonyl (C=O) groups excluding carboxylic acids is 1. The summed E-state index contributed by atoms with van der Waals surface area (Å²) in [5, 5.41) is 10.6. The molecule has 11 heteroatoms. The number of para-hydroxylation sites is 1. The maximum Gasteiger partial charge on any atom is 0.434 e. The fourth-order valence-electron chi connectivity index (χ4n) is 2.78. The van der Waals surface area contributed by atoms with Gasteiger partial charge >= 0.3 is 23.9 Å². The zero-order chi connectivity index (χ0) is 23.0. The topological polar surface area (TPSA) is 76.7 Å². The number of esters is 1. The fourth-order valence-corrected chi connectivity index (χ4v) is 2.78. The smallest absolute Gasteiger partial charge is 0.434 e. The van der Waals surface area contributed by atoms with Gasteiger partial charge in [0.2, 0.25) is 0 Å². The van der Waals surface area contributed by atoms with Crippen LogP contribution in [-0.4, -0.2) is 29.5 Å². The maximum atomic E-state index is 12.5. The third kappa shape index (κ3) is 4.81. The van der Waals surface area contributed by atoms with Gasteiger partial charge in [0.15, 0.2) is 0 Å². The molecular formula is C20H12F6O5. The van der Waals surface area contributed by atoms with Crippen molar-refractivity contribution in [3.63, 3.8) is 0 Å². The lowest BCUT2D eigenvalue weighted by atomic mass is 10.0. The molecule has 0 radical (unpaired) electrons. The van der Waals surface area contributed by atoms with Crippen LogP contribution in [0.3, 0.4) is 0 Å². The van der Waals surface area contributed by atoms with Crippen LogP contribution in [0.2, 0.25) is 0 Å². The molecule has 5 nitrogen and oxygen atoms in total. The zero-order valence-electron chi connectivity index (χ0n) is 15.3. The molecule has 0 aliphatic heterocycles. The molecular weight excluding hydrogens is 434 g/mol. The number of alkyl halides is 6. The highest BCUT2D eigenvalue weighted by molar-refractivity contribution is 5.89. The molecule has 0 saturated carbocycles. The number of fused-ring (bicyclic) bond motifs is 1. The van der Waals surface area contributed by atoms with Gasteiger partial charge in [-0.1, -0.05) is 24.3 Å². The lowest BCUT2D eigenvalue weighted by Gasteiger charge is -2.22. The third-order valence-electron chi connectivity index (χ3n) is 4.27. The summed E-state index contributed by atoms with van der Waals surface area (Å²) in [6.45, 7) is 0. The number of carbonyl (C=O) groups is 1. The minimum absolute atomic E-state index is 0.108. The van der Waals surface area contributed by atoms with Crippen molar-refractivity contribution in [1.29, 1.82) is 0 Å². The molecule has 3 aromatic rings. The second-order valence-corrected chi connectivity index (χ2v) is 6.46. The van der Waals surface area contributed by atoms with Gasteiger partial charge in [-0.2, -0.15) is 26.3 Å². The molecule has 0 atom stereocenters. The number of ether oxygens (including phenoxy) is 1. The van der Waals surface area contributed by atoms with Crippen molar-refractivity contribution in [2.24, 2.45) is 0 Å². The van der Waals surface area contributed by atoms with Crippen LogP contribution in [0.25, 0.3) is 11.0 Å². The van der Waals surface area contributed by atoms with E-state index in [1.54, 1.807) is 12.1 Å². The molecule has 0 fully saturated rings. The molecule has 0 aliphatic carbocycles. The number of rotatable bonds is 4. The van der Waals surface area contributed by atoms with Crippen molar-refractivity contribution in [3.8, 4) is 5.75 Å². The van der Waals surface area contributed by atoms with E-state index in [9.17, 15) is 41.0 Å². The van der Waals surface area contributed by atoms with E-state index in [2.05, 4.69) is 4.74 Å². The Morgan fingerprint density at radius 2 is 1.55 bits per heavy atom. The Hall–Kier alpha value is -3.50. The summed E-state index contributed by atoms with van der Waals surface area (Å²) in [6, 6.07) is 10.5. The highest BCUT2D eigenvalue weighted by Crippen LogP contribution is 2.36. The number of halogens is 6. The summed E-state index contributed by atoms with van der Waals surface area (Å²) in [7, 11) is 0. The lowest BCUT2D eigenvalue weighted by molar-refractivity contribution is -0.307. The van der Waals surface area contributed by atoms with Crippen molar-refractivity contribution in [2.75, 3.05) is 0 Å². The van der Waals surface area contributed by atoms with Gasteiger partial charge in [-0.25, -0.2) is 9.59 Å². The first-order valence-corrected chi connectivity index (χ1v) is 8.55. The molecule has 1 N–H and O–H groups in total. The van der Waals surface area contributed by atoms with Crippen LogP contribution in [-0.2, 0) is 11.2 Å². The van der Waals surface area contributed by atoms with Crippen LogP contribution < -0.4 is 5.63 Å². The average molecular weight is 446 g/mol. The quantitative estimate of drug-likeness (QED) is 0.356. The molecule has 0 unspecified atom stereocenters. The van der Waals surface area contributed by atoms with Gasteiger partial charge in [0, 0.05) is 6.42 Å². The Labute approximate surface area is 169 Å². The number of aromatic hydroxyl groups is 1. The van der Waals surface area contributed by atoms with Crippen LogP contribution >= 0.6 is 0 Å². The largest absolute Gasteiger partial charge is 0.507 e. The van der Waals surface area contributed by atoms with Gasteiger partial charge in [-0.15, -0.1) is 0 Å². The Balaban J connectivity index is 1.82. The molecule has 1 heterocycles. The first-order valence-electron chi connectivity index (χ1n) is 8.55. The van der Waals surface area contributed by atoms with E-state index >= 15 is 0 Å². The molecule has 3 rings (SSSR count). The van der Waals surface area contributed by atoms with Gasteiger partial charge in [-0.3, -0.25) is 0 Å². The van der Waals surface area contributed by atoms with Crippen LogP contribution in [0.15, 0.2) is 57.7 Å². The summed E-state index contributed by atoms with van der Waals surface area (Å²) in [6.07, 6.45) is -16.1. The van der Waals surface area contributed by atoms with E-state index in [-0.39, 0.29) is 28.7 Å². The summed E-state index contributed by atoms with van der Waals surface area (Å²) >= 11 is 0. The predicted octanol–water partition coefficient (Wildman–Crippen LogP) is 4.74. The van der Waals surface area contributed by atoms with Crippen LogP contribution in [0.5, 0.6) is 5.75 Å². The summed E-state index contributed by atoms with van der Waals surface area (Å²) in [5.74, 6) is -2.15. The fraction of sp³-hybridized carbons (Fsp3) is 0.200. The van der Waals surface area contributed by atoms with Crippen molar-refractivity contribution in [1.82, 2.24) is 0 Å². The first kappa shape index (κ1) is 22.2. The highest BCUT2D eigenvalue weighted by atomic mass is 19.4. The van der Waals surface area contributed by atoms with Crippen LogP contribution in [0.1, 0.15) is 21.5 Å². The van der Waals surface area contributed by atoms with Gasteiger partial charge in [0.05, 0.1) is 16.5 Å². The van der Waals surface area contributed by atoms with E-state index in [1.807, 2.05) is 0 Å². The van der Waals surface area contributed by atoms with Gasteiger partial charge in [-0.05, 0) is 29.8 Å². The van der Waals surface area contributed by atoms with Gasteiger partial charge in [0.25, 0.3) is 6.10 Å². The van der Waals surface area contributed by atoms with E-state index in [0.29, 0.717) is 5.56 Å². The summed E-state index contributed by atoms with van der Waals surface area (Å²) < 4.78 is 83.9. The van der Waals surface area contributed by atoms with E-state index in [0.717, 1.165) is 12.1 Å². The van der Waals surface area contributed by atoms with E-state index < -0.39 is 35.6 Å². The van der Waals surface area contributed by atoms with E-state index in [4.69, 9.17) is 4.42 Å². The molecule has 2 aromatic carbocycles. The maximum absolute atomic E-state index is 12.5. The molecule has 0 aliphatic rings. The van der Waals surface area contributed by atoms with Crippen molar-refractivity contribution >= 4 is 16.9 Å². The number of benzene rings is 2. The van der Waals surface area contributed by atoms with Crippen LogP contribution in [0.4, 0.5) is 26.3 Å². The molecule has 0 saturated heterocycles.